The summed E-state index contributed by atoms with van der Waals surface area (Å²) in [5, 5.41) is 0.484. The van der Waals surface area contributed by atoms with E-state index in [0.717, 1.165) is 4.47 Å². The number of rotatable bonds is 2. The highest BCUT2D eigenvalue weighted by Crippen LogP contribution is 2.24. The van der Waals surface area contributed by atoms with Crippen LogP contribution in [0.25, 0.3) is 5.65 Å². The van der Waals surface area contributed by atoms with Gasteiger partial charge in [0, 0.05) is 10.7 Å². The summed E-state index contributed by atoms with van der Waals surface area (Å²) in [5.74, 6) is -0.397. The largest absolute Gasteiger partial charge is 0.461 e. The topological polar surface area (TPSA) is 43.6 Å². The summed E-state index contributed by atoms with van der Waals surface area (Å²) in [6.07, 6.45) is 1.74. The SMILES string of the molecule is CCOC(=O)c1c(C)nc2c(Cl)cc(Br)cn12. The third-order valence-corrected chi connectivity index (χ3v) is 3.00. The Kier molecular flexibility index (Phi) is 3.40. The number of aromatic nitrogens is 2. The van der Waals surface area contributed by atoms with Crippen LogP contribution in [0.1, 0.15) is 23.1 Å². The zero-order valence-corrected chi connectivity index (χ0v) is 11.7. The monoisotopic (exact) mass is 316 g/mol. The van der Waals surface area contributed by atoms with Crippen LogP contribution in [-0.4, -0.2) is 22.0 Å². The lowest BCUT2D eigenvalue weighted by Crippen LogP contribution is -2.09. The summed E-state index contributed by atoms with van der Waals surface area (Å²) >= 11 is 9.39. The molecule has 6 heteroatoms. The van der Waals surface area contributed by atoms with E-state index in [9.17, 15) is 4.79 Å². The minimum atomic E-state index is -0.397. The number of fused-ring (bicyclic) bond motifs is 1. The zero-order chi connectivity index (χ0) is 12.6. The van der Waals surface area contributed by atoms with E-state index < -0.39 is 5.97 Å². The van der Waals surface area contributed by atoms with Crippen molar-refractivity contribution in [3.63, 3.8) is 0 Å². The number of pyridine rings is 1. The van der Waals surface area contributed by atoms with Gasteiger partial charge in [-0.1, -0.05) is 11.6 Å². The molecular formula is C11H10BrClN2O2. The Morgan fingerprint density at radius 2 is 2.35 bits per heavy atom. The van der Waals surface area contributed by atoms with Crippen molar-refractivity contribution in [3.8, 4) is 0 Å². The number of hydrogen-bond acceptors (Lipinski definition) is 3. The molecule has 2 aromatic rings. The molecule has 0 fully saturated rings. The molecule has 0 aliphatic carbocycles. The lowest BCUT2D eigenvalue weighted by molar-refractivity contribution is 0.0517. The lowest BCUT2D eigenvalue weighted by atomic mass is 10.3. The third kappa shape index (κ3) is 2.17. The number of hydrogen-bond donors (Lipinski definition) is 0. The number of nitrogens with zero attached hydrogens (tertiary/aromatic N) is 2. The van der Waals surface area contributed by atoms with Crippen LogP contribution in [-0.2, 0) is 4.74 Å². The predicted molar refractivity (Wildman–Crippen MR) is 68.6 cm³/mol. The molecule has 4 nitrogen and oxygen atoms in total. The van der Waals surface area contributed by atoms with E-state index in [1.165, 1.54) is 0 Å². The number of ether oxygens (including phenoxy) is 1. The molecule has 0 bridgehead atoms. The zero-order valence-electron chi connectivity index (χ0n) is 9.33. The molecular weight excluding hydrogens is 307 g/mol. The van der Waals surface area contributed by atoms with Gasteiger partial charge in [0.05, 0.1) is 17.3 Å². The van der Waals surface area contributed by atoms with Crippen molar-refractivity contribution >= 4 is 39.1 Å². The fourth-order valence-electron chi connectivity index (χ4n) is 1.63. The molecule has 0 amide bonds. The molecule has 2 aromatic heterocycles. The molecule has 0 spiro atoms. The maximum Gasteiger partial charge on any atom is 0.357 e. The fraction of sp³-hybridized carbons (Fsp3) is 0.273. The van der Waals surface area contributed by atoms with Crippen LogP contribution in [0.4, 0.5) is 0 Å². The molecule has 2 heterocycles. The molecule has 17 heavy (non-hydrogen) atoms. The molecule has 0 aromatic carbocycles. The molecule has 0 atom stereocenters. The number of imidazole rings is 1. The highest BCUT2D eigenvalue weighted by Gasteiger charge is 2.19. The van der Waals surface area contributed by atoms with Gasteiger partial charge in [0.25, 0.3) is 0 Å². The maximum atomic E-state index is 11.8. The Morgan fingerprint density at radius 1 is 1.65 bits per heavy atom. The van der Waals surface area contributed by atoms with Gasteiger partial charge >= 0.3 is 5.97 Å². The average Bonchev–Trinajstić information content (AvgIpc) is 2.55. The van der Waals surface area contributed by atoms with Gasteiger partial charge in [0.1, 0.15) is 0 Å². The van der Waals surface area contributed by atoms with Gasteiger partial charge < -0.3 is 4.74 Å². The average molecular weight is 318 g/mol. The van der Waals surface area contributed by atoms with Crippen molar-refractivity contribution in [2.75, 3.05) is 6.61 Å². The Bertz CT molecular complexity index is 595. The summed E-state index contributed by atoms with van der Waals surface area (Å²) in [6, 6.07) is 1.73. The second-order valence-corrected chi connectivity index (χ2v) is 4.79. The number of carbonyl (C=O) groups excluding carboxylic acids is 1. The highest BCUT2D eigenvalue weighted by atomic mass is 79.9. The van der Waals surface area contributed by atoms with E-state index in [1.54, 1.807) is 30.5 Å². The first kappa shape index (κ1) is 12.4. The molecule has 90 valence electrons. The van der Waals surface area contributed by atoms with Gasteiger partial charge in [-0.05, 0) is 35.8 Å². The number of halogens is 2. The normalized spacial score (nSPS) is 10.8. The summed E-state index contributed by atoms with van der Waals surface area (Å²) in [4.78, 5) is 16.1. The summed E-state index contributed by atoms with van der Waals surface area (Å²) in [5.41, 5.74) is 1.56. The number of esters is 1. The van der Waals surface area contributed by atoms with Crippen LogP contribution in [0.3, 0.4) is 0 Å². The molecule has 0 saturated carbocycles. The number of aryl methyl sites for hydroxylation is 1. The lowest BCUT2D eigenvalue weighted by Gasteiger charge is -2.03. The van der Waals surface area contributed by atoms with Gasteiger partial charge in [0.2, 0.25) is 0 Å². The molecule has 0 radical (unpaired) electrons. The van der Waals surface area contributed by atoms with Crippen molar-refractivity contribution in [2.24, 2.45) is 0 Å². The predicted octanol–water partition coefficient (Wildman–Crippen LogP) is 3.24. The second kappa shape index (κ2) is 4.66. The molecule has 0 aliphatic heterocycles. The van der Waals surface area contributed by atoms with E-state index in [1.807, 2.05) is 0 Å². The van der Waals surface area contributed by atoms with Gasteiger partial charge in [0.15, 0.2) is 11.3 Å². The van der Waals surface area contributed by atoms with Crippen LogP contribution < -0.4 is 0 Å². The van der Waals surface area contributed by atoms with Gasteiger partial charge in [-0.3, -0.25) is 4.40 Å². The van der Waals surface area contributed by atoms with Gasteiger partial charge in [-0.25, -0.2) is 9.78 Å². The van der Waals surface area contributed by atoms with E-state index in [2.05, 4.69) is 20.9 Å². The minimum absolute atomic E-state index is 0.327. The molecule has 0 N–H and O–H groups in total. The number of carbonyl (C=O) groups is 1. The molecule has 0 aliphatic rings. The Morgan fingerprint density at radius 3 is 3.00 bits per heavy atom. The van der Waals surface area contributed by atoms with Crippen molar-refractivity contribution in [1.82, 2.24) is 9.38 Å². The Balaban J connectivity index is 2.70. The van der Waals surface area contributed by atoms with Gasteiger partial charge in [-0.15, -0.1) is 0 Å². The van der Waals surface area contributed by atoms with E-state index in [4.69, 9.17) is 16.3 Å². The van der Waals surface area contributed by atoms with Crippen molar-refractivity contribution in [1.29, 1.82) is 0 Å². The van der Waals surface area contributed by atoms with Crippen molar-refractivity contribution in [2.45, 2.75) is 13.8 Å². The highest BCUT2D eigenvalue weighted by molar-refractivity contribution is 9.10. The van der Waals surface area contributed by atoms with E-state index in [0.29, 0.717) is 28.7 Å². The van der Waals surface area contributed by atoms with Gasteiger partial charge in [-0.2, -0.15) is 0 Å². The van der Waals surface area contributed by atoms with Crippen LogP contribution in [0, 0.1) is 6.92 Å². The molecule has 2 rings (SSSR count). The standard InChI is InChI=1S/C11H10BrClN2O2/c1-3-17-11(16)9-6(2)14-10-8(13)4-7(12)5-15(9)10/h4-5H,3H2,1-2H3. The first-order chi connectivity index (χ1) is 8.04. The van der Waals surface area contributed by atoms with Crippen LogP contribution in [0.15, 0.2) is 16.7 Å². The maximum absolute atomic E-state index is 11.8. The molecule has 0 unspecified atom stereocenters. The Labute approximate surface area is 112 Å². The van der Waals surface area contributed by atoms with E-state index >= 15 is 0 Å². The molecule has 0 saturated heterocycles. The van der Waals surface area contributed by atoms with Crippen LogP contribution in [0.2, 0.25) is 5.02 Å². The summed E-state index contributed by atoms with van der Waals surface area (Å²) in [6.45, 7) is 3.84. The summed E-state index contributed by atoms with van der Waals surface area (Å²) in [7, 11) is 0. The Hall–Kier alpha value is -1.07. The first-order valence-electron chi connectivity index (χ1n) is 5.05. The summed E-state index contributed by atoms with van der Waals surface area (Å²) < 4.78 is 7.41. The van der Waals surface area contributed by atoms with E-state index in [-0.39, 0.29) is 0 Å². The quantitative estimate of drug-likeness (QED) is 0.799. The first-order valence-corrected chi connectivity index (χ1v) is 6.22. The fourth-order valence-corrected chi connectivity index (χ4v) is 2.45. The van der Waals surface area contributed by atoms with Crippen LogP contribution >= 0.6 is 27.5 Å². The van der Waals surface area contributed by atoms with Crippen LogP contribution in [0.5, 0.6) is 0 Å². The minimum Gasteiger partial charge on any atom is -0.461 e. The second-order valence-electron chi connectivity index (χ2n) is 3.47. The third-order valence-electron chi connectivity index (χ3n) is 2.28. The smallest absolute Gasteiger partial charge is 0.357 e. The van der Waals surface area contributed by atoms with Crippen molar-refractivity contribution < 1.29 is 9.53 Å². The van der Waals surface area contributed by atoms with Crippen molar-refractivity contribution in [3.05, 3.63) is 33.1 Å².